The molecule has 8 heteroatoms. The highest BCUT2D eigenvalue weighted by Gasteiger charge is 2.60. The van der Waals surface area contributed by atoms with Crippen molar-refractivity contribution in [3.8, 4) is 5.75 Å². The lowest BCUT2D eigenvalue weighted by molar-refractivity contribution is -0.121. The second-order valence-electron chi connectivity index (χ2n) is 7.89. The third kappa shape index (κ3) is 2.67. The van der Waals surface area contributed by atoms with Gasteiger partial charge in [-0.05, 0) is 30.2 Å². The summed E-state index contributed by atoms with van der Waals surface area (Å²) in [5, 5.41) is 7.23. The molecule has 3 heterocycles. The van der Waals surface area contributed by atoms with Gasteiger partial charge >= 0.3 is 0 Å². The molecule has 7 nitrogen and oxygen atoms in total. The molecule has 1 spiro atoms. The number of halogens is 1. The lowest BCUT2D eigenvalue weighted by Gasteiger charge is -2.33. The van der Waals surface area contributed by atoms with Crippen LogP contribution >= 0.6 is 0 Å². The van der Waals surface area contributed by atoms with Crippen LogP contribution < -0.4 is 10.1 Å². The highest BCUT2D eigenvalue weighted by molar-refractivity contribution is 6.08. The summed E-state index contributed by atoms with van der Waals surface area (Å²) in [6.45, 7) is 0.289. The lowest BCUT2D eigenvalue weighted by Crippen LogP contribution is -2.42. The summed E-state index contributed by atoms with van der Waals surface area (Å²) in [4.78, 5) is 28.6. The molecule has 2 aliphatic rings. The van der Waals surface area contributed by atoms with Crippen molar-refractivity contribution < 1.29 is 18.7 Å². The average Bonchev–Trinajstić information content (AvgIpc) is 3.44. The molecule has 2 aromatic carbocycles. The minimum Gasteiger partial charge on any atom is -0.496 e. The summed E-state index contributed by atoms with van der Waals surface area (Å²) in [6.07, 6.45) is 3.87. The smallest absolute Gasteiger partial charge is 0.261 e. The van der Waals surface area contributed by atoms with Crippen molar-refractivity contribution in [3.63, 3.8) is 0 Å². The van der Waals surface area contributed by atoms with Gasteiger partial charge in [-0.2, -0.15) is 5.10 Å². The molecule has 0 aliphatic carbocycles. The quantitative estimate of drug-likeness (QED) is 0.707. The molecule has 0 radical (unpaired) electrons. The third-order valence-electron chi connectivity index (χ3n) is 6.30. The first kappa shape index (κ1) is 19.3. The maximum Gasteiger partial charge on any atom is 0.261 e. The number of hydrogen-bond acceptors (Lipinski definition) is 4. The number of fused-ring (bicyclic) bond motifs is 2. The Morgan fingerprint density at radius 2 is 2.06 bits per heavy atom. The largest absolute Gasteiger partial charge is 0.496 e. The van der Waals surface area contributed by atoms with Gasteiger partial charge in [-0.25, -0.2) is 4.39 Å². The molecule has 5 rings (SSSR count). The van der Waals surface area contributed by atoms with Crippen LogP contribution in [-0.2, 0) is 17.3 Å². The van der Waals surface area contributed by atoms with Crippen molar-refractivity contribution >= 4 is 17.5 Å². The Bertz CT molecular complexity index is 1210. The van der Waals surface area contributed by atoms with Crippen LogP contribution in [0.5, 0.6) is 5.75 Å². The number of carbonyl (C=O) groups is 2. The summed E-state index contributed by atoms with van der Waals surface area (Å²) in [5.74, 6) is -1.19. The first-order chi connectivity index (χ1) is 15.0. The molecule has 2 aliphatic heterocycles. The number of ether oxygens (including phenoxy) is 1. The summed E-state index contributed by atoms with van der Waals surface area (Å²) in [6, 6.07) is 11.2. The van der Waals surface area contributed by atoms with Crippen LogP contribution in [-0.4, -0.2) is 40.1 Å². The van der Waals surface area contributed by atoms with Crippen LogP contribution in [0.1, 0.15) is 33.9 Å². The van der Waals surface area contributed by atoms with Crippen LogP contribution in [0.15, 0.2) is 54.9 Å². The Labute approximate surface area is 178 Å². The SMILES string of the molecule is COc1cccc(F)c1C(=O)N1CCC2(C(=O)Nc3ccccc32)C1c1cnn(C)c1. The van der Waals surface area contributed by atoms with Gasteiger partial charge in [0.25, 0.3) is 5.91 Å². The number of rotatable bonds is 3. The zero-order chi connectivity index (χ0) is 21.8. The van der Waals surface area contributed by atoms with E-state index in [4.69, 9.17) is 4.74 Å². The molecule has 1 saturated heterocycles. The van der Waals surface area contributed by atoms with Gasteiger partial charge in [-0.1, -0.05) is 24.3 Å². The molecule has 2 atom stereocenters. The lowest BCUT2D eigenvalue weighted by atomic mass is 9.73. The first-order valence-corrected chi connectivity index (χ1v) is 10.0. The van der Waals surface area contributed by atoms with Crippen LogP contribution in [0.3, 0.4) is 0 Å². The number of para-hydroxylation sites is 1. The number of nitrogens with one attached hydrogen (secondary N) is 1. The molecule has 158 valence electrons. The van der Waals surface area contributed by atoms with Crippen molar-refractivity contribution in [1.29, 1.82) is 0 Å². The number of aromatic nitrogens is 2. The van der Waals surface area contributed by atoms with Gasteiger partial charge in [-0.3, -0.25) is 14.3 Å². The zero-order valence-electron chi connectivity index (χ0n) is 17.1. The number of aryl methyl sites for hydroxylation is 1. The summed E-state index contributed by atoms with van der Waals surface area (Å²) in [5.41, 5.74) is 1.18. The number of amides is 2. The number of likely N-dealkylation sites (tertiary alicyclic amines) is 1. The number of nitrogens with zero attached hydrogens (tertiary/aromatic N) is 3. The number of benzene rings is 2. The van der Waals surface area contributed by atoms with E-state index in [0.717, 1.165) is 16.8 Å². The molecule has 0 saturated carbocycles. The summed E-state index contributed by atoms with van der Waals surface area (Å²) >= 11 is 0. The molecule has 1 N–H and O–H groups in total. The molecule has 0 bridgehead atoms. The van der Waals surface area contributed by atoms with Crippen molar-refractivity contribution in [2.75, 3.05) is 19.0 Å². The van der Waals surface area contributed by atoms with E-state index in [1.54, 1.807) is 35.1 Å². The Morgan fingerprint density at radius 3 is 2.81 bits per heavy atom. The van der Waals surface area contributed by atoms with Crippen molar-refractivity contribution in [2.45, 2.75) is 17.9 Å². The van der Waals surface area contributed by atoms with E-state index in [0.29, 0.717) is 6.42 Å². The van der Waals surface area contributed by atoms with Gasteiger partial charge in [0.2, 0.25) is 5.91 Å². The highest BCUT2D eigenvalue weighted by Crippen LogP contribution is 2.55. The Hall–Kier alpha value is -3.68. The van der Waals surface area contributed by atoms with Gasteiger partial charge in [0, 0.05) is 31.0 Å². The van der Waals surface area contributed by atoms with E-state index < -0.39 is 23.2 Å². The van der Waals surface area contributed by atoms with E-state index in [9.17, 15) is 14.0 Å². The Balaban J connectivity index is 1.68. The summed E-state index contributed by atoms with van der Waals surface area (Å²) < 4.78 is 21.6. The molecular weight excluding hydrogens is 399 g/mol. The monoisotopic (exact) mass is 420 g/mol. The second-order valence-corrected chi connectivity index (χ2v) is 7.89. The standard InChI is InChI=1S/C23H21FN4O3/c1-27-13-14(12-25-27)20-23(15-6-3-4-8-17(15)26-22(23)30)10-11-28(20)21(29)19-16(24)7-5-9-18(19)31-2/h3-9,12-13,20H,10-11H2,1-2H3,(H,26,30). The van der Waals surface area contributed by atoms with Crippen LogP contribution in [0.4, 0.5) is 10.1 Å². The van der Waals surface area contributed by atoms with Crippen molar-refractivity contribution in [2.24, 2.45) is 7.05 Å². The van der Waals surface area contributed by atoms with Gasteiger partial charge in [-0.15, -0.1) is 0 Å². The van der Waals surface area contributed by atoms with Crippen LogP contribution in [0.2, 0.25) is 0 Å². The summed E-state index contributed by atoms with van der Waals surface area (Å²) in [7, 11) is 3.18. The predicted molar refractivity (Wildman–Crippen MR) is 111 cm³/mol. The average molecular weight is 420 g/mol. The van der Waals surface area contributed by atoms with Crippen LogP contribution in [0, 0.1) is 5.82 Å². The Kier molecular flexibility index (Phi) is 4.32. The van der Waals surface area contributed by atoms with E-state index in [1.807, 2.05) is 24.3 Å². The van der Waals surface area contributed by atoms with Gasteiger partial charge in [0.05, 0.1) is 19.3 Å². The molecule has 3 aromatic rings. The van der Waals surface area contributed by atoms with Gasteiger partial charge in [0.1, 0.15) is 22.5 Å². The molecule has 1 aromatic heterocycles. The normalized spacial score (nSPS) is 22.0. The fraction of sp³-hybridized carbons (Fsp3) is 0.261. The highest BCUT2D eigenvalue weighted by atomic mass is 19.1. The Morgan fingerprint density at radius 1 is 1.26 bits per heavy atom. The fourth-order valence-corrected chi connectivity index (χ4v) is 4.98. The fourth-order valence-electron chi connectivity index (χ4n) is 4.98. The minimum absolute atomic E-state index is 0.136. The topological polar surface area (TPSA) is 76.5 Å². The first-order valence-electron chi connectivity index (χ1n) is 10.0. The predicted octanol–water partition coefficient (Wildman–Crippen LogP) is 3.05. The van der Waals surface area contributed by atoms with Crippen molar-refractivity contribution in [1.82, 2.24) is 14.7 Å². The third-order valence-corrected chi connectivity index (χ3v) is 6.30. The van der Waals surface area contributed by atoms with E-state index in [2.05, 4.69) is 10.4 Å². The maximum atomic E-state index is 14.7. The maximum absolute atomic E-state index is 14.7. The van der Waals surface area contributed by atoms with Gasteiger partial charge in [0.15, 0.2) is 0 Å². The van der Waals surface area contributed by atoms with E-state index in [1.165, 1.54) is 19.2 Å². The molecule has 1 fully saturated rings. The second kappa shape index (κ2) is 6.94. The number of methoxy groups -OCH3 is 1. The van der Waals surface area contributed by atoms with E-state index >= 15 is 0 Å². The van der Waals surface area contributed by atoms with Gasteiger partial charge < -0.3 is 15.0 Å². The molecule has 2 amide bonds. The van der Waals surface area contributed by atoms with Crippen molar-refractivity contribution in [3.05, 3.63) is 77.4 Å². The molecule has 31 heavy (non-hydrogen) atoms. The zero-order valence-corrected chi connectivity index (χ0v) is 17.1. The number of carbonyl (C=O) groups excluding carboxylic acids is 2. The minimum atomic E-state index is -0.978. The molecular formula is C23H21FN4O3. The van der Waals surface area contributed by atoms with Crippen LogP contribution in [0.25, 0.3) is 0 Å². The number of anilines is 1. The van der Waals surface area contributed by atoms with E-state index in [-0.39, 0.29) is 23.8 Å². The number of hydrogen-bond donors (Lipinski definition) is 1. The molecule has 2 unspecified atom stereocenters.